The molecule has 4 heteroatoms. The highest BCUT2D eigenvalue weighted by Crippen LogP contribution is 2.23. The Kier molecular flexibility index (Phi) is 5.72. The van der Waals surface area contributed by atoms with Gasteiger partial charge in [-0.2, -0.15) is 0 Å². The van der Waals surface area contributed by atoms with Crippen molar-refractivity contribution in [2.45, 2.75) is 12.8 Å². The maximum atomic E-state index is 10.7. The van der Waals surface area contributed by atoms with E-state index in [1.165, 1.54) is 11.8 Å². The van der Waals surface area contributed by atoms with Crippen LogP contribution >= 0.6 is 12.4 Å². The molecule has 1 amide bonds. The van der Waals surface area contributed by atoms with Crippen molar-refractivity contribution in [3.05, 3.63) is 42.5 Å². The first-order chi connectivity index (χ1) is 8.25. The summed E-state index contributed by atoms with van der Waals surface area (Å²) in [6.45, 7) is 2.05. The standard InChI is InChI=1S/C14H18N2O.ClH/c15-14(17)9-8-12-5-4-10-16(11-12)13-6-2-1-3-7-13;/h1-3,6-9,12H,4-5,10-11H2,(H2,15,17);1H/b9-8+;. The summed E-state index contributed by atoms with van der Waals surface area (Å²) >= 11 is 0. The predicted molar refractivity (Wildman–Crippen MR) is 77.0 cm³/mol. The molecule has 1 fully saturated rings. The van der Waals surface area contributed by atoms with E-state index in [1.54, 1.807) is 0 Å². The predicted octanol–water partition coefficient (Wildman–Crippen LogP) is 2.37. The van der Waals surface area contributed by atoms with Crippen LogP contribution in [0.5, 0.6) is 0 Å². The number of nitrogens with two attached hydrogens (primary N) is 1. The third kappa shape index (κ3) is 4.08. The third-order valence-corrected chi connectivity index (χ3v) is 3.11. The Morgan fingerprint density at radius 2 is 2.06 bits per heavy atom. The van der Waals surface area contributed by atoms with Gasteiger partial charge in [-0.15, -0.1) is 12.4 Å². The first-order valence-electron chi connectivity index (χ1n) is 6.03. The van der Waals surface area contributed by atoms with Gasteiger partial charge in [0.05, 0.1) is 0 Å². The molecule has 0 saturated carbocycles. The molecule has 2 N–H and O–H groups in total. The van der Waals surface area contributed by atoms with E-state index in [9.17, 15) is 4.79 Å². The molecule has 0 bridgehead atoms. The van der Waals surface area contributed by atoms with Gasteiger partial charge in [-0.25, -0.2) is 0 Å². The van der Waals surface area contributed by atoms with Crippen LogP contribution in [0.25, 0.3) is 0 Å². The molecular formula is C14H19ClN2O. The van der Waals surface area contributed by atoms with Gasteiger partial charge in [0, 0.05) is 18.8 Å². The molecule has 1 saturated heterocycles. The fourth-order valence-corrected chi connectivity index (χ4v) is 2.27. The van der Waals surface area contributed by atoms with Crippen LogP contribution in [0, 0.1) is 5.92 Å². The second-order valence-electron chi connectivity index (χ2n) is 4.45. The molecule has 0 spiro atoms. The van der Waals surface area contributed by atoms with Crippen molar-refractivity contribution in [3.63, 3.8) is 0 Å². The summed E-state index contributed by atoms with van der Waals surface area (Å²) in [5.74, 6) is 0.0679. The van der Waals surface area contributed by atoms with Gasteiger partial charge in [0.15, 0.2) is 0 Å². The molecule has 98 valence electrons. The molecule has 1 unspecified atom stereocenters. The lowest BCUT2D eigenvalue weighted by atomic mass is 9.97. The molecule has 1 aromatic carbocycles. The van der Waals surface area contributed by atoms with E-state index >= 15 is 0 Å². The van der Waals surface area contributed by atoms with Gasteiger partial charge < -0.3 is 10.6 Å². The number of nitrogens with zero attached hydrogens (tertiary/aromatic N) is 1. The van der Waals surface area contributed by atoms with E-state index in [2.05, 4.69) is 29.2 Å². The Bertz CT molecular complexity index is 406. The third-order valence-electron chi connectivity index (χ3n) is 3.11. The molecule has 1 atom stereocenters. The molecule has 0 aromatic heterocycles. The molecule has 0 aliphatic carbocycles. The van der Waals surface area contributed by atoms with Gasteiger partial charge in [-0.1, -0.05) is 24.3 Å². The minimum atomic E-state index is -0.359. The number of benzene rings is 1. The molecule has 18 heavy (non-hydrogen) atoms. The number of para-hydroxylation sites is 1. The van der Waals surface area contributed by atoms with E-state index < -0.39 is 0 Å². The number of amides is 1. The number of halogens is 1. The zero-order valence-corrected chi connectivity index (χ0v) is 11.1. The summed E-state index contributed by atoms with van der Waals surface area (Å²) in [6.07, 6.45) is 5.71. The topological polar surface area (TPSA) is 46.3 Å². The number of piperidine rings is 1. The lowest BCUT2D eigenvalue weighted by Gasteiger charge is -2.33. The lowest BCUT2D eigenvalue weighted by molar-refractivity contribution is -0.113. The molecule has 1 heterocycles. The first-order valence-corrected chi connectivity index (χ1v) is 6.03. The minimum absolute atomic E-state index is 0. The maximum Gasteiger partial charge on any atom is 0.241 e. The summed E-state index contributed by atoms with van der Waals surface area (Å²) in [7, 11) is 0. The van der Waals surface area contributed by atoms with Crippen molar-refractivity contribution >= 4 is 24.0 Å². The number of carbonyl (C=O) groups is 1. The number of primary amides is 1. The number of hydrogen-bond acceptors (Lipinski definition) is 2. The molecular weight excluding hydrogens is 248 g/mol. The van der Waals surface area contributed by atoms with Crippen molar-refractivity contribution in [2.24, 2.45) is 11.7 Å². The number of carbonyl (C=O) groups excluding carboxylic acids is 1. The molecule has 0 radical (unpaired) electrons. The van der Waals surface area contributed by atoms with Crippen LogP contribution in [-0.2, 0) is 4.79 Å². The smallest absolute Gasteiger partial charge is 0.241 e. The average molecular weight is 267 g/mol. The Labute approximate surface area is 114 Å². The fourth-order valence-electron chi connectivity index (χ4n) is 2.27. The second kappa shape index (κ2) is 7.07. The Balaban J connectivity index is 0.00000162. The van der Waals surface area contributed by atoms with Crippen molar-refractivity contribution in [1.82, 2.24) is 0 Å². The van der Waals surface area contributed by atoms with Crippen LogP contribution in [0.15, 0.2) is 42.5 Å². The maximum absolute atomic E-state index is 10.7. The molecule has 3 nitrogen and oxygen atoms in total. The highest BCUT2D eigenvalue weighted by molar-refractivity contribution is 5.85. The first kappa shape index (κ1) is 14.6. The number of rotatable bonds is 3. The van der Waals surface area contributed by atoms with Gasteiger partial charge in [0.25, 0.3) is 0 Å². The van der Waals surface area contributed by atoms with E-state index in [0.717, 1.165) is 25.9 Å². The van der Waals surface area contributed by atoms with E-state index in [4.69, 9.17) is 5.73 Å². The summed E-state index contributed by atoms with van der Waals surface area (Å²) in [5, 5.41) is 0. The lowest BCUT2D eigenvalue weighted by Crippen LogP contribution is -2.34. The van der Waals surface area contributed by atoms with Crippen molar-refractivity contribution in [3.8, 4) is 0 Å². The van der Waals surface area contributed by atoms with E-state index in [1.807, 2.05) is 12.1 Å². The van der Waals surface area contributed by atoms with Gasteiger partial charge in [0.2, 0.25) is 5.91 Å². The van der Waals surface area contributed by atoms with Crippen LogP contribution in [0.3, 0.4) is 0 Å². The number of anilines is 1. The summed E-state index contributed by atoms with van der Waals surface area (Å²) in [6, 6.07) is 10.4. The zero-order chi connectivity index (χ0) is 12.1. The van der Waals surface area contributed by atoms with Crippen molar-refractivity contribution < 1.29 is 4.79 Å². The van der Waals surface area contributed by atoms with Crippen LogP contribution in [0.1, 0.15) is 12.8 Å². The second-order valence-corrected chi connectivity index (χ2v) is 4.45. The SMILES string of the molecule is Cl.NC(=O)/C=C/C1CCCN(c2ccccc2)C1. The Hall–Kier alpha value is -1.48. The van der Waals surface area contributed by atoms with Gasteiger partial charge in [-0.05, 0) is 37.0 Å². The normalized spacial score (nSPS) is 19.6. The van der Waals surface area contributed by atoms with Gasteiger partial charge in [0.1, 0.15) is 0 Å². The molecule has 1 aromatic rings. The van der Waals surface area contributed by atoms with Crippen LogP contribution in [0.2, 0.25) is 0 Å². The molecule has 1 aliphatic heterocycles. The van der Waals surface area contributed by atoms with Crippen LogP contribution in [0.4, 0.5) is 5.69 Å². The highest BCUT2D eigenvalue weighted by atomic mass is 35.5. The van der Waals surface area contributed by atoms with E-state index in [-0.39, 0.29) is 18.3 Å². The molecule has 1 aliphatic rings. The average Bonchev–Trinajstić information content (AvgIpc) is 2.38. The molecule has 2 rings (SSSR count). The monoisotopic (exact) mass is 266 g/mol. The van der Waals surface area contributed by atoms with Gasteiger partial charge >= 0.3 is 0 Å². The Morgan fingerprint density at radius 1 is 1.33 bits per heavy atom. The summed E-state index contributed by atoms with van der Waals surface area (Å²) < 4.78 is 0. The quantitative estimate of drug-likeness (QED) is 0.854. The van der Waals surface area contributed by atoms with Crippen LogP contribution < -0.4 is 10.6 Å². The number of hydrogen-bond donors (Lipinski definition) is 1. The summed E-state index contributed by atoms with van der Waals surface area (Å²) in [5.41, 5.74) is 6.37. The van der Waals surface area contributed by atoms with Gasteiger partial charge in [-0.3, -0.25) is 4.79 Å². The Morgan fingerprint density at radius 3 is 2.72 bits per heavy atom. The van der Waals surface area contributed by atoms with E-state index in [0.29, 0.717) is 5.92 Å². The minimum Gasteiger partial charge on any atom is -0.371 e. The van der Waals surface area contributed by atoms with Crippen molar-refractivity contribution in [1.29, 1.82) is 0 Å². The van der Waals surface area contributed by atoms with Crippen molar-refractivity contribution in [2.75, 3.05) is 18.0 Å². The summed E-state index contributed by atoms with van der Waals surface area (Å²) in [4.78, 5) is 13.1. The highest BCUT2D eigenvalue weighted by Gasteiger charge is 2.17. The fraction of sp³-hybridized carbons (Fsp3) is 0.357. The zero-order valence-electron chi connectivity index (χ0n) is 10.3. The van der Waals surface area contributed by atoms with Crippen LogP contribution in [-0.4, -0.2) is 19.0 Å². The largest absolute Gasteiger partial charge is 0.371 e.